The maximum atomic E-state index is 12.9. The fourth-order valence-electron chi connectivity index (χ4n) is 4.57. The standard InChI is InChI=1S/C25H32N4O3S/c1-18(30)9-10-23(31)29-15-11-19(12-16-29)25-27-21(17-33-25)24(32)26-20-7-3-4-8-22(20)28-13-5-2-6-14-28/h3-4,7-8,17,19H,2,5-6,9-16H2,1H3,(H,26,32). The second kappa shape index (κ2) is 10.9. The summed E-state index contributed by atoms with van der Waals surface area (Å²) >= 11 is 1.52. The van der Waals surface area contributed by atoms with Gasteiger partial charge in [-0.2, -0.15) is 0 Å². The summed E-state index contributed by atoms with van der Waals surface area (Å²) in [5.74, 6) is 0.174. The zero-order valence-electron chi connectivity index (χ0n) is 19.2. The second-order valence-electron chi connectivity index (χ2n) is 8.95. The Kier molecular flexibility index (Phi) is 7.75. The number of thiazole rings is 1. The van der Waals surface area contributed by atoms with Crippen LogP contribution in [-0.2, 0) is 9.59 Å². The average Bonchev–Trinajstić information content (AvgIpc) is 3.34. The summed E-state index contributed by atoms with van der Waals surface area (Å²) in [7, 11) is 0. The molecule has 2 aliphatic heterocycles. The average molecular weight is 469 g/mol. The minimum Gasteiger partial charge on any atom is -0.370 e. The molecule has 8 heteroatoms. The molecule has 0 radical (unpaired) electrons. The Morgan fingerprint density at radius 2 is 1.76 bits per heavy atom. The van der Waals surface area contributed by atoms with Crippen molar-refractivity contribution in [2.75, 3.05) is 36.4 Å². The van der Waals surface area contributed by atoms with E-state index in [1.54, 1.807) is 0 Å². The van der Waals surface area contributed by atoms with Crippen LogP contribution in [0, 0.1) is 0 Å². The summed E-state index contributed by atoms with van der Waals surface area (Å²) in [6, 6.07) is 7.98. The maximum absolute atomic E-state index is 12.9. The lowest BCUT2D eigenvalue weighted by Crippen LogP contribution is -2.38. The van der Waals surface area contributed by atoms with E-state index < -0.39 is 0 Å². The third-order valence-corrected chi connectivity index (χ3v) is 7.50. The van der Waals surface area contributed by atoms with Gasteiger partial charge < -0.3 is 19.9 Å². The molecule has 33 heavy (non-hydrogen) atoms. The number of hydrogen-bond donors (Lipinski definition) is 1. The van der Waals surface area contributed by atoms with Crippen LogP contribution in [0.1, 0.15) is 73.3 Å². The van der Waals surface area contributed by atoms with Crippen molar-refractivity contribution in [3.8, 4) is 0 Å². The summed E-state index contributed by atoms with van der Waals surface area (Å²) in [4.78, 5) is 45.2. The van der Waals surface area contributed by atoms with Gasteiger partial charge in [0.1, 0.15) is 11.5 Å². The van der Waals surface area contributed by atoms with Gasteiger partial charge >= 0.3 is 0 Å². The number of ketones is 1. The summed E-state index contributed by atoms with van der Waals surface area (Å²) in [5.41, 5.74) is 2.35. The molecule has 0 spiro atoms. The van der Waals surface area contributed by atoms with Gasteiger partial charge in [0.2, 0.25) is 5.91 Å². The summed E-state index contributed by atoms with van der Waals surface area (Å²) < 4.78 is 0. The molecule has 2 aliphatic rings. The number of piperidine rings is 2. The highest BCUT2D eigenvalue weighted by molar-refractivity contribution is 7.10. The quantitative estimate of drug-likeness (QED) is 0.649. The van der Waals surface area contributed by atoms with Crippen LogP contribution in [0.25, 0.3) is 0 Å². The minimum atomic E-state index is -0.182. The number of Topliss-reactive ketones (excluding diaryl/α,β-unsaturated/α-hetero) is 1. The lowest BCUT2D eigenvalue weighted by atomic mass is 9.97. The Labute approximate surface area is 199 Å². The van der Waals surface area contributed by atoms with E-state index in [1.165, 1.54) is 37.5 Å². The number of nitrogens with one attached hydrogen (secondary N) is 1. The molecule has 1 aromatic heterocycles. The van der Waals surface area contributed by atoms with Crippen LogP contribution < -0.4 is 10.2 Å². The van der Waals surface area contributed by atoms with Crippen LogP contribution in [0.5, 0.6) is 0 Å². The van der Waals surface area contributed by atoms with Crippen LogP contribution in [-0.4, -0.2) is 53.7 Å². The Bertz CT molecular complexity index is 991. The number of para-hydroxylation sites is 2. The Morgan fingerprint density at radius 1 is 1.03 bits per heavy atom. The van der Waals surface area contributed by atoms with Gasteiger partial charge in [0.15, 0.2) is 0 Å². The number of hydrogen-bond acceptors (Lipinski definition) is 6. The first-order chi connectivity index (χ1) is 16.0. The molecule has 2 fully saturated rings. The predicted molar refractivity (Wildman–Crippen MR) is 131 cm³/mol. The highest BCUT2D eigenvalue weighted by atomic mass is 32.1. The van der Waals surface area contributed by atoms with Gasteiger partial charge in [0, 0.05) is 50.3 Å². The minimum absolute atomic E-state index is 0.0466. The molecule has 176 valence electrons. The van der Waals surface area contributed by atoms with Crippen molar-refractivity contribution in [2.45, 2.75) is 57.8 Å². The van der Waals surface area contributed by atoms with Crippen molar-refractivity contribution >= 4 is 40.3 Å². The highest BCUT2D eigenvalue weighted by Crippen LogP contribution is 2.32. The van der Waals surface area contributed by atoms with Crippen molar-refractivity contribution in [1.82, 2.24) is 9.88 Å². The van der Waals surface area contributed by atoms with E-state index >= 15 is 0 Å². The summed E-state index contributed by atoms with van der Waals surface area (Å²) in [5, 5.41) is 5.86. The molecule has 1 aromatic carbocycles. The third-order valence-electron chi connectivity index (χ3n) is 6.49. The number of benzene rings is 1. The largest absolute Gasteiger partial charge is 0.370 e. The topological polar surface area (TPSA) is 82.6 Å². The van der Waals surface area contributed by atoms with Gasteiger partial charge in [0.05, 0.1) is 16.4 Å². The van der Waals surface area contributed by atoms with Crippen LogP contribution in [0.15, 0.2) is 29.6 Å². The zero-order chi connectivity index (χ0) is 23.2. The molecule has 0 aliphatic carbocycles. The molecule has 3 heterocycles. The lowest BCUT2D eigenvalue weighted by molar-refractivity contribution is -0.133. The first-order valence-electron chi connectivity index (χ1n) is 11.9. The maximum Gasteiger partial charge on any atom is 0.275 e. The number of aromatic nitrogens is 1. The SMILES string of the molecule is CC(=O)CCC(=O)N1CCC(c2nc(C(=O)Nc3ccccc3N3CCCCC3)cs2)CC1. The monoisotopic (exact) mass is 468 g/mol. The van der Waals surface area contributed by atoms with Crippen molar-refractivity contribution in [2.24, 2.45) is 0 Å². The first kappa shape index (κ1) is 23.4. The van der Waals surface area contributed by atoms with E-state index in [1.807, 2.05) is 28.5 Å². The van der Waals surface area contributed by atoms with Gasteiger partial charge in [-0.1, -0.05) is 12.1 Å². The Morgan fingerprint density at radius 3 is 2.48 bits per heavy atom. The first-order valence-corrected chi connectivity index (χ1v) is 12.8. The number of anilines is 2. The normalized spacial score (nSPS) is 17.1. The second-order valence-corrected chi connectivity index (χ2v) is 9.84. The molecule has 0 bridgehead atoms. The van der Waals surface area contributed by atoms with Crippen LogP contribution in [0.4, 0.5) is 11.4 Å². The smallest absolute Gasteiger partial charge is 0.275 e. The molecular weight excluding hydrogens is 436 g/mol. The number of carbonyl (C=O) groups excluding carboxylic acids is 3. The number of nitrogens with zero attached hydrogens (tertiary/aromatic N) is 3. The number of carbonyl (C=O) groups is 3. The number of rotatable bonds is 7. The van der Waals surface area contributed by atoms with Gasteiger partial charge in [-0.3, -0.25) is 9.59 Å². The van der Waals surface area contributed by atoms with Crippen molar-refractivity contribution in [3.05, 3.63) is 40.3 Å². The van der Waals surface area contributed by atoms with Crippen LogP contribution in [0.3, 0.4) is 0 Å². The molecule has 0 unspecified atom stereocenters. The number of likely N-dealkylation sites (tertiary alicyclic amines) is 1. The molecule has 0 saturated carbocycles. The van der Waals surface area contributed by atoms with E-state index in [0.717, 1.165) is 42.3 Å². The number of amides is 2. The fraction of sp³-hybridized carbons (Fsp3) is 0.520. The van der Waals surface area contributed by atoms with Crippen molar-refractivity contribution in [1.29, 1.82) is 0 Å². The molecule has 1 N–H and O–H groups in total. The van der Waals surface area contributed by atoms with Gasteiger partial charge in [-0.25, -0.2) is 4.98 Å². The highest BCUT2D eigenvalue weighted by Gasteiger charge is 2.26. The molecule has 4 rings (SSSR count). The molecule has 7 nitrogen and oxygen atoms in total. The predicted octanol–water partition coefficient (Wildman–Crippen LogP) is 4.46. The van der Waals surface area contributed by atoms with E-state index in [9.17, 15) is 14.4 Å². The van der Waals surface area contributed by atoms with Crippen LogP contribution >= 0.6 is 11.3 Å². The third kappa shape index (κ3) is 5.99. The summed E-state index contributed by atoms with van der Waals surface area (Å²) in [6.45, 7) is 4.90. The zero-order valence-corrected chi connectivity index (χ0v) is 20.0. The lowest BCUT2D eigenvalue weighted by Gasteiger charge is -2.31. The van der Waals surface area contributed by atoms with E-state index in [-0.39, 0.29) is 23.5 Å². The summed E-state index contributed by atoms with van der Waals surface area (Å²) in [6.07, 6.45) is 5.89. The Balaban J connectivity index is 1.34. The fourth-order valence-corrected chi connectivity index (χ4v) is 5.54. The van der Waals surface area contributed by atoms with Gasteiger partial charge in [-0.05, 0) is 51.2 Å². The molecule has 2 amide bonds. The van der Waals surface area contributed by atoms with Crippen molar-refractivity contribution in [3.63, 3.8) is 0 Å². The Hall–Kier alpha value is -2.74. The van der Waals surface area contributed by atoms with Gasteiger partial charge in [-0.15, -0.1) is 11.3 Å². The van der Waals surface area contributed by atoms with E-state index in [4.69, 9.17) is 0 Å². The molecular formula is C25H32N4O3S. The molecule has 2 aromatic rings. The van der Waals surface area contributed by atoms with Crippen LogP contribution in [0.2, 0.25) is 0 Å². The van der Waals surface area contributed by atoms with Gasteiger partial charge in [0.25, 0.3) is 5.91 Å². The molecule has 2 saturated heterocycles. The molecule has 0 atom stereocenters. The van der Waals surface area contributed by atoms with E-state index in [2.05, 4.69) is 21.3 Å². The van der Waals surface area contributed by atoms with Crippen molar-refractivity contribution < 1.29 is 14.4 Å². The van der Waals surface area contributed by atoms with E-state index in [0.29, 0.717) is 31.6 Å².